The van der Waals surface area contributed by atoms with Crippen LogP contribution in [-0.4, -0.2) is 12.1 Å². The van der Waals surface area contributed by atoms with Crippen LogP contribution in [0.25, 0.3) is 0 Å². The highest BCUT2D eigenvalue weighted by Gasteiger charge is 2.23. The summed E-state index contributed by atoms with van der Waals surface area (Å²) in [6.45, 7) is 1.98. The maximum absolute atomic E-state index is 6.27. The van der Waals surface area contributed by atoms with Crippen molar-refractivity contribution in [3.05, 3.63) is 127 Å². The SMILES string of the molecule is CC(=NN(c1ccccc1)C(Oc1ccccc1)Oc1ccccc1)c1ccccc1. The second kappa shape index (κ2) is 10.1. The molecule has 0 saturated carbocycles. The Labute approximate surface area is 183 Å². The summed E-state index contributed by atoms with van der Waals surface area (Å²) in [5.74, 6) is 1.38. The lowest BCUT2D eigenvalue weighted by Gasteiger charge is -2.30. The van der Waals surface area contributed by atoms with Crippen LogP contribution in [0.4, 0.5) is 5.69 Å². The number of para-hydroxylation sites is 3. The summed E-state index contributed by atoms with van der Waals surface area (Å²) in [5.41, 5.74) is 2.74. The van der Waals surface area contributed by atoms with Crippen molar-refractivity contribution in [2.24, 2.45) is 5.10 Å². The van der Waals surface area contributed by atoms with Crippen LogP contribution >= 0.6 is 0 Å². The molecule has 4 nitrogen and oxygen atoms in total. The number of hydrazone groups is 1. The first-order valence-electron chi connectivity index (χ1n) is 10.2. The van der Waals surface area contributed by atoms with Gasteiger partial charge in [0.1, 0.15) is 11.5 Å². The standard InChI is InChI=1S/C27H24N2O2/c1-22(23-14-6-2-7-15-23)28-29(24-16-8-3-9-17-24)27(30-25-18-10-4-11-19-25)31-26-20-12-5-13-21-26/h2-21,27H,1H3. The number of hydrogen-bond acceptors (Lipinski definition) is 4. The molecule has 0 amide bonds. The molecule has 4 rings (SSSR count). The van der Waals surface area contributed by atoms with E-state index in [1.165, 1.54) is 0 Å². The van der Waals surface area contributed by atoms with Crippen molar-refractivity contribution in [2.45, 2.75) is 13.3 Å². The zero-order chi connectivity index (χ0) is 21.3. The van der Waals surface area contributed by atoms with Gasteiger partial charge in [-0.2, -0.15) is 10.1 Å². The number of anilines is 1. The molecule has 0 aliphatic heterocycles. The molecule has 4 aromatic rings. The van der Waals surface area contributed by atoms with Gasteiger partial charge < -0.3 is 9.47 Å². The monoisotopic (exact) mass is 408 g/mol. The molecule has 4 heteroatoms. The Kier molecular flexibility index (Phi) is 6.61. The Morgan fingerprint density at radius 1 is 0.613 bits per heavy atom. The summed E-state index contributed by atoms with van der Waals surface area (Å²) < 4.78 is 12.5. The molecule has 0 aliphatic carbocycles. The number of benzene rings is 4. The Morgan fingerprint density at radius 2 is 1.03 bits per heavy atom. The third-order valence-electron chi connectivity index (χ3n) is 4.63. The van der Waals surface area contributed by atoms with Crippen molar-refractivity contribution >= 4 is 11.4 Å². The molecule has 154 valence electrons. The fraction of sp³-hybridized carbons (Fsp3) is 0.0741. The van der Waals surface area contributed by atoms with Gasteiger partial charge in [-0.05, 0) is 48.9 Å². The minimum atomic E-state index is -0.814. The molecule has 0 radical (unpaired) electrons. The van der Waals surface area contributed by atoms with Gasteiger partial charge >= 0.3 is 6.41 Å². The van der Waals surface area contributed by atoms with E-state index < -0.39 is 6.41 Å². The maximum Gasteiger partial charge on any atom is 0.347 e. The quantitative estimate of drug-likeness (QED) is 0.193. The van der Waals surface area contributed by atoms with Crippen LogP contribution < -0.4 is 14.5 Å². The van der Waals surface area contributed by atoms with Crippen LogP contribution in [-0.2, 0) is 0 Å². The molecule has 0 bridgehead atoms. The van der Waals surface area contributed by atoms with E-state index in [1.807, 2.05) is 128 Å². The molecule has 0 N–H and O–H groups in total. The van der Waals surface area contributed by atoms with Crippen molar-refractivity contribution in [1.82, 2.24) is 0 Å². The van der Waals surface area contributed by atoms with Crippen LogP contribution in [0.1, 0.15) is 12.5 Å². The maximum atomic E-state index is 6.27. The average Bonchev–Trinajstić information content (AvgIpc) is 2.84. The van der Waals surface area contributed by atoms with Crippen LogP contribution in [0.15, 0.2) is 126 Å². The smallest absolute Gasteiger partial charge is 0.347 e. The molecular formula is C27H24N2O2. The highest BCUT2D eigenvalue weighted by molar-refractivity contribution is 5.99. The molecule has 0 spiro atoms. The molecule has 0 aromatic heterocycles. The highest BCUT2D eigenvalue weighted by Crippen LogP contribution is 2.24. The largest absolute Gasteiger partial charge is 0.436 e. The summed E-state index contributed by atoms with van der Waals surface area (Å²) >= 11 is 0. The predicted molar refractivity (Wildman–Crippen MR) is 126 cm³/mol. The molecule has 31 heavy (non-hydrogen) atoms. The van der Waals surface area contributed by atoms with Crippen molar-refractivity contribution in [2.75, 3.05) is 5.01 Å². The van der Waals surface area contributed by atoms with E-state index in [0.29, 0.717) is 11.5 Å². The Bertz CT molecular complexity index is 1040. The number of ether oxygens (including phenoxy) is 2. The molecular weight excluding hydrogens is 384 g/mol. The van der Waals surface area contributed by atoms with Gasteiger partial charge in [0.25, 0.3) is 0 Å². The van der Waals surface area contributed by atoms with Gasteiger partial charge in [0.05, 0.1) is 11.4 Å². The van der Waals surface area contributed by atoms with Crippen LogP contribution in [0.2, 0.25) is 0 Å². The van der Waals surface area contributed by atoms with Gasteiger partial charge in [-0.15, -0.1) is 0 Å². The summed E-state index contributed by atoms with van der Waals surface area (Å²) in [7, 11) is 0. The van der Waals surface area contributed by atoms with E-state index in [2.05, 4.69) is 0 Å². The minimum absolute atomic E-state index is 0.692. The van der Waals surface area contributed by atoms with Crippen molar-refractivity contribution in [3.8, 4) is 11.5 Å². The molecule has 0 fully saturated rings. The first-order chi connectivity index (χ1) is 15.3. The van der Waals surface area contributed by atoms with Gasteiger partial charge in [-0.1, -0.05) is 84.9 Å². The summed E-state index contributed by atoms with van der Waals surface area (Å²) in [6, 6.07) is 39.2. The summed E-state index contributed by atoms with van der Waals surface area (Å²) in [4.78, 5) is 0. The molecule has 0 unspecified atom stereocenters. The lowest BCUT2D eigenvalue weighted by Crippen LogP contribution is -2.41. The first kappa shape index (κ1) is 20.2. The number of rotatable bonds is 8. The van der Waals surface area contributed by atoms with E-state index in [1.54, 1.807) is 5.01 Å². The van der Waals surface area contributed by atoms with Gasteiger partial charge in [-0.25, -0.2) is 0 Å². The third-order valence-corrected chi connectivity index (χ3v) is 4.63. The van der Waals surface area contributed by atoms with Crippen LogP contribution in [0.3, 0.4) is 0 Å². The van der Waals surface area contributed by atoms with E-state index in [0.717, 1.165) is 17.0 Å². The Morgan fingerprint density at radius 3 is 1.52 bits per heavy atom. The number of nitrogens with zero attached hydrogens (tertiary/aromatic N) is 2. The van der Waals surface area contributed by atoms with Gasteiger partial charge in [-0.3, -0.25) is 0 Å². The highest BCUT2D eigenvalue weighted by atomic mass is 16.7. The second-order valence-electron chi connectivity index (χ2n) is 6.90. The van der Waals surface area contributed by atoms with Crippen LogP contribution in [0, 0.1) is 0 Å². The second-order valence-corrected chi connectivity index (χ2v) is 6.90. The number of hydrogen-bond donors (Lipinski definition) is 0. The third kappa shape index (κ3) is 5.52. The van der Waals surface area contributed by atoms with Crippen molar-refractivity contribution < 1.29 is 9.47 Å². The van der Waals surface area contributed by atoms with Crippen LogP contribution in [0.5, 0.6) is 11.5 Å². The van der Waals surface area contributed by atoms with Crippen molar-refractivity contribution in [3.63, 3.8) is 0 Å². The Hall–Kier alpha value is -4.05. The average molecular weight is 409 g/mol. The van der Waals surface area contributed by atoms with Gasteiger partial charge in [0.15, 0.2) is 0 Å². The van der Waals surface area contributed by atoms with Gasteiger partial charge in [0, 0.05) is 0 Å². The molecule has 0 aliphatic rings. The fourth-order valence-electron chi connectivity index (χ4n) is 3.06. The first-order valence-corrected chi connectivity index (χ1v) is 10.2. The van der Waals surface area contributed by atoms with E-state index in [9.17, 15) is 0 Å². The lowest BCUT2D eigenvalue weighted by molar-refractivity contribution is 0.00373. The van der Waals surface area contributed by atoms with E-state index in [4.69, 9.17) is 14.6 Å². The molecule has 0 atom stereocenters. The zero-order valence-corrected chi connectivity index (χ0v) is 17.3. The topological polar surface area (TPSA) is 34.1 Å². The zero-order valence-electron chi connectivity index (χ0n) is 17.3. The lowest BCUT2D eigenvalue weighted by atomic mass is 10.1. The normalized spacial score (nSPS) is 11.2. The predicted octanol–water partition coefficient (Wildman–Crippen LogP) is 6.36. The van der Waals surface area contributed by atoms with Crippen molar-refractivity contribution in [1.29, 1.82) is 0 Å². The minimum Gasteiger partial charge on any atom is -0.436 e. The summed E-state index contributed by atoms with van der Waals surface area (Å²) in [6.07, 6.45) is -0.814. The molecule has 4 aromatic carbocycles. The van der Waals surface area contributed by atoms with E-state index in [-0.39, 0.29) is 0 Å². The van der Waals surface area contributed by atoms with Gasteiger partial charge in [0.2, 0.25) is 0 Å². The summed E-state index contributed by atoms with van der Waals surface area (Å²) in [5, 5.41) is 6.68. The fourth-order valence-corrected chi connectivity index (χ4v) is 3.06. The van der Waals surface area contributed by atoms with E-state index >= 15 is 0 Å². The molecule has 0 heterocycles. The molecule has 0 saturated heterocycles. The Balaban J connectivity index is 1.75.